The SMILES string of the molecule is CN1[C@H]2CC[C@@H]1CN(C(=O)Nc1cc(F)c3c(c1)NC(=O)CO3)CC2. The number of urea groups is 1. The number of ether oxygens (including phenoxy) is 1. The lowest BCUT2D eigenvalue weighted by Gasteiger charge is -2.26. The fraction of sp³-hybridized carbons (Fsp3) is 0.529. The van der Waals surface area contributed by atoms with Gasteiger partial charge < -0.3 is 20.3 Å². The molecular weight excluding hydrogens is 327 g/mol. The number of carbonyl (C=O) groups excluding carboxylic acids is 2. The molecule has 3 heterocycles. The van der Waals surface area contributed by atoms with Crippen molar-refractivity contribution in [3.05, 3.63) is 17.9 Å². The highest BCUT2D eigenvalue weighted by Gasteiger charge is 2.36. The molecule has 8 heteroatoms. The number of carbonyl (C=O) groups is 2. The molecule has 0 aliphatic carbocycles. The van der Waals surface area contributed by atoms with E-state index in [0.29, 0.717) is 30.9 Å². The fourth-order valence-corrected chi connectivity index (χ4v) is 3.92. The van der Waals surface area contributed by atoms with Crippen molar-refractivity contribution in [2.24, 2.45) is 0 Å². The predicted molar refractivity (Wildman–Crippen MR) is 90.3 cm³/mol. The van der Waals surface area contributed by atoms with Gasteiger partial charge in [-0.15, -0.1) is 0 Å². The summed E-state index contributed by atoms with van der Waals surface area (Å²) in [5.74, 6) is -0.948. The Hall–Kier alpha value is -2.35. The molecule has 2 atom stereocenters. The summed E-state index contributed by atoms with van der Waals surface area (Å²) in [4.78, 5) is 28.1. The van der Waals surface area contributed by atoms with Crippen LogP contribution in [0.5, 0.6) is 5.75 Å². The molecule has 0 unspecified atom stereocenters. The normalized spacial score (nSPS) is 25.7. The molecular formula is C17H21FN4O3. The summed E-state index contributed by atoms with van der Waals surface area (Å²) in [5, 5.41) is 5.30. The third-order valence-corrected chi connectivity index (χ3v) is 5.35. The van der Waals surface area contributed by atoms with Crippen molar-refractivity contribution in [3.8, 4) is 5.75 Å². The summed E-state index contributed by atoms with van der Waals surface area (Å²) in [6, 6.07) is 3.40. The van der Waals surface area contributed by atoms with Gasteiger partial charge in [0.2, 0.25) is 0 Å². The molecule has 4 rings (SSSR count). The maximum Gasteiger partial charge on any atom is 0.321 e. The van der Waals surface area contributed by atoms with E-state index in [4.69, 9.17) is 4.74 Å². The number of benzene rings is 1. The first-order valence-electron chi connectivity index (χ1n) is 8.55. The summed E-state index contributed by atoms with van der Waals surface area (Å²) in [7, 11) is 2.12. The Morgan fingerprint density at radius 3 is 2.96 bits per heavy atom. The van der Waals surface area contributed by atoms with E-state index in [0.717, 1.165) is 12.8 Å². The van der Waals surface area contributed by atoms with Gasteiger partial charge in [0.05, 0.1) is 5.69 Å². The number of likely N-dealkylation sites (tertiary alicyclic amines) is 1. The Bertz CT molecular complexity index is 726. The molecule has 1 aromatic carbocycles. The van der Waals surface area contributed by atoms with Crippen molar-refractivity contribution in [2.45, 2.75) is 31.3 Å². The van der Waals surface area contributed by atoms with E-state index < -0.39 is 5.82 Å². The maximum absolute atomic E-state index is 14.1. The molecule has 3 aliphatic heterocycles. The zero-order valence-corrected chi connectivity index (χ0v) is 14.0. The summed E-state index contributed by atoms with van der Waals surface area (Å²) in [5.41, 5.74) is 0.538. The molecule has 0 saturated carbocycles. The van der Waals surface area contributed by atoms with E-state index in [-0.39, 0.29) is 30.0 Å². The predicted octanol–water partition coefficient (Wildman–Crippen LogP) is 1.86. The summed E-state index contributed by atoms with van der Waals surface area (Å²) >= 11 is 0. The van der Waals surface area contributed by atoms with Crippen LogP contribution in [0.25, 0.3) is 0 Å². The van der Waals surface area contributed by atoms with E-state index in [2.05, 4.69) is 22.6 Å². The highest BCUT2D eigenvalue weighted by atomic mass is 19.1. The second kappa shape index (κ2) is 6.18. The molecule has 7 nitrogen and oxygen atoms in total. The van der Waals surface area contributed by atoms with Crippen LogP contribution >= 0.6 is 0 Å². The summed E-state index contributed by atoms with van der Waals surface area (Å²) < 4.78 is 19.2. The van der Waals surface area contributed by atoms with Gasteiger partial charge in [0.1, 0.15) is 0 Å². The third-order valence-electron chi connectivity index (χ3n) is 5.35. The number of fused-ring (bicyclic) bond motifs is 3. The van der Waals surface area contributed by atoms with E-state index in [1.165, 1.54) is 18.6 Å². The van der Waals surface area contributed by atoms with Crippen LogP contribution in [0, 0.1) is 5.82 Å². The number of nitrogens with zero attached hydrogens (tertiary/aromatic N) is 2. The van der Waals surface area contributed by atoms with Crippen molar-refractivity contribution in [1.82, 2.24) is 9.80 Å². The van der Waals surface area contributed by atoms with Gasteiger partial charge in [-0.3, -0.25) is 9.69 Å². The zero-order chi connectivity index (χ0) is 17.6. The van der Waals surface area contributed by atoms with Crippen LogP contribution in [0.15, 0.2) is 12.1 Å². The molecule has 3 aliphatic rings. The van der Waals surface area contributed by atoms with Crippen molar-refractivity contribution in [3.63, 3.8) is 0 Å². The van der Waals surface area contributed by atoms with Gasteiger partial charge >= 0.3 is 6.03 Å². The number of nitrogens with one attached hydrogen (secondary N) is 2. The van der Waals surface area contributed by atoms with E-state index in [1.54, 1.807) is 4.90 Å². The van der Waals surface area contributed by atoms with Gasteiger partial charge in [0.15, 0.2) is 18.2 Å². The smallest absolute Gasteiger partial charge is 0.321 e. The Kier molecular flexibility index (Phi) is 3.99. The quantitative estimate of drug-likeness (QED) is 0.812. The standard InChI is InChI=1S/C17H21FN4O3/c1-21-11-2-3-12(21)8-22(5-4-11)17(24)19-10-6-13(18)16-14(7-10)20-15(23)9-25-16/h6-7,11-12H,2-5,8-9H2,1H3,(H,19,24)(H,20,23)/t11-,12+/m0/s1. The highest BCUT2D eigenvalue weighted by molar-refractivity contribution is 5.97. The zero-order valence-electron chi connectivity index (χ0n) is 14.0. The summed E-state index contributed by atoms with van der Waals surface area (Å²) in [6.07, 6.45) is 3.23. The Morgan fingerprint density at radius 2 is 2.12 bits per heavy atom. The number of hydrogen-bond donors (Lipinski definition) is 2. The molecule has 25 heavy (non-hydrogen) atoms. The minimum atomic E-state index is -0.609. The van der Waals surface area contributed by atoms with E-state index in [1.807, 2.05) is 0 Å². The number of anilines is 2. The van der Waals surface area contributed by atoms with Crippen LogP contribution in [0.1, 0.15) is 19.3 Å². The fourth-order valence-electron chi connectivity index (χ4n) is 3.92. The maximum atomic E-state index is 14.1. The van der Waals surface area contributed by atoms with Gasteiger partial charge in [-0.25, -0.2) is 9.18 Å². The van der Waals surface area contributed by atoms with Gasteiger partial charge in [-0.05, 0) is 32.4 Å². The molecule has 0 aromatic heterocycles. The lowest BCUT2D eigenvalue weighted by atomic mass is 10.1. The van der Waals surface area contributed by atoms with E-state index in [9.17, 15) is 14.0 Å². The molecule has 2 bridgehead atoms. The molecule has 2 saturated heterocycles. The first-order valence-corrected chi connectivity index (χ1v) is 8.55. The van der Waals surface area contributed by atoms with Gasteiger partial charge in [0, 0.05) is 36.9 Å². The minimum absolute atomic E-state index is 0.00584. The Labute approximate surface area is 145 Å². The summed E-state index contributed by atoms with van der Waals surface area (Å²) in [6.45, 7) is 1.15. The Balaban J connectivity index is 1.48. The number of amides is 3. The second-order valence-electron chi connectivity index (χ2n) is 6.89. The van der Waals surface area contributed by atoms with Crippen LogP contribution in [-0.2, 0) is 4.79 Å². The number of halogens is 1. The van der Waals surface area contributed by atoms with E-state index >= 15 is 0 Å². The van der Waals surface area contributed by atoms with Crippen molar-refractivity contribution in [2.75, 3.05) is 37.4 Å². The van der Waals surface area contributed by atoms with Gasteiger partial charge in [-0.1, -0.05) is 0 Å². The molecule has 2 fully saturated rings. The second-order valence-corrected chi connectivity index (χ2v) is 6.89. The Morgan fingerprint density at radius 1 is 1.32 bits per heavy atom. The molecule has 0 spiro atoms. The van der Waals surface area contributed by atoms with Crippen molar-refractivity contribution >= 4 is 23.3 Å². The first kappa shape index (κ1) is 16.1. The van der Waals surface area contributed by atoms with Gasteiger partial charge in [-0.2, -0.15) is 0 Å². The minimum Gasteiger partial charge on any atom is -0.478 e. The largest absolute Gasteiger partial charge is 0.478 e. The molecule has 1 aromatic rings. The monoisotopic (exact) mass is 348 g/mol. The number of rotatable bonds is 1. The highest BCUT2D eigenvalue weighted by Crippen LogP contribution is 2.34. The third kappa shape index (κ3) is 3.02. The van der Waals surface area contributed by atoms with Crippen LogP contribution in [0.4, 0.5) is 20.6 Å². The lowest BCUT2D eigenvalue weighted by molar-refractivity contribution is -0.118. The van der Waals surface area contributed by atoms with Crippen molar-refractivity contribution < 1.29 is 18.7 Å². The van der Waals surface area contributed by atoms with Crippen molar-refractivity contribution in [1.29, 1.82) is 0 Å². The molecule has 134 valence electrons. The number of likely N-dealkylation sites (N-methyl/N-ethyl adjacent to an activating group) is 1. The van der Waals surface area contributed by atoms with Gasteiger partial charge in [0.25, 0.3) is 5.91 Å². The topological polar surface area (TPSA) is 73.9 Å². The lowest BCUT2D eigenvalue weighted by Crippen LogP contribution is -2.41. The first-order chi connectivity index (χ1) is 12.0. The van der Waals surface area contributed by atoms with Crippen LogP contribution in [0.2, 0.25) is 0 Å². The van der Waals surface area contributed by atoms with Crippen LogP contribution < -0.4 is 15.4 Å². The average Bonchev–Trinajstić information content (AvgIpc) is 2.79. The van der Waals surface area contributed by atoms with Crippen LogP contribution in [-0.4, -0.2) is 60.6 Å². The average molecular weight is 348 g/mol. The number of hydrogen-bond acceptors (Lipinski definition) is 4. The van der Waals surface area contributed by atoms with Crippen LogP contribution in [0.3, 0.4) is 0 Å². The molecule has 3 amide bonds. The molecule has 2 N–H and O–H groups in total. The molecule has 0 radical (unpaired) electrons.